The molecule has 1 saturated carbocycles. The number of alkyl halides is 3. The van der Waals surface area contributed by atoms with E-state index in [4.69, 9.17) is 0 Å². The zero-order valence-electron chi connectivity index (χ0n) is 19.7. The van der Waals surface area contributed by atoms with Crippen LogP contribution >= 0.6 is 0 Å². The summed E-state index contributed by atoms with van der Waals surface area (Å²) in [7, 11) is 0. The van der Waals surface area contributed by atoms with E-state index in [1.54, 1.807) is 13.8 Å². The summed E-state index contributed by atoms with van der Waals surface area (Å²) in [4.78, 5) is 14.9. The fraction of sp³-hybridized carbons (Fsp3) is 0.667. The highest BCUT2D eigenvalue weighted by molar-refractivity contribution is 5.84. The predicted octanol–water partition coefficient (Wildman–Crippen LogP) is 8.53. The second-order valence-corrected chi connectivity index (χ2v) is 8.72. The first kappa shape index (κ1) is 29.2. The maximum Gasteiger partial charge on any atom is 0.394 e. The third-order valence-electron chi connectivity index (χ3n) is 5.30. The molecule has 0 bridgehead atoms. The van der Waals surface area contributed by atoms with E-state index >= 15 is 0 Å². The van der Waals surface area contributed by atoms with Gasteiger partial charge in [0, 0.05) is 30.2 Å². The number of rotatable bonds is 5. The minimum atomic E-state index is -4.29. The van der Waals surface area contributed by atoms with Gasteiger partial charge in [-0.1, -0.05) is 53.9 Å². The Morgan fingerprint density at radius 3 is 1.97 bits per heavy atom. The predicted molar refractivity (Wildman–Crippen MR) is 117 cm³/mol. The molecule has 0 amide bonds. The van der Waals surface area contributed by atoms with Crippen molar-refractivity contribution in [2.75, 3.05) is 0 Å². The topological polar surface area (TPSA) is 29.4 Å². The van der Waals surface area contributed by atoms with Crippen LogP contribution in [0.4, 0.5) is 27.6 Å². The lowest BCUT2D eigenvalue weighted by molar-refractivity contribution is -0.213. The van der Waals surface area contributed by atoms with E-state index in [0.29, 0.717) is 11.3 Å². The Labute approximate surface area is 183 Å². The number of Topliss-reactive ketones (excluding diaryl/α,β-unsaturated/α-hetero) is 1. The van der Waals surface area contributed by atoms with Gasteiger partial charge >= 0.3 is 6.18 Å². The average molecular weight is 450 g/mol. The Morgan fingerprint density at radius 1 is 1.10 bits per heavy atom. The van der Waals surface area contributed by atoms with Crippen molar-refractivity contribution in [1.29, 1.82) is 0 Å². The SMILES string of the molecule is CC1CCC1.CCC(=O)CC(C)(C)C(F)(F)F.CCC(C)=Nc1cc(F)cc(F)c1C. The highest BCUT2D eigenvalue weighted by Gasteiger charge is 2.47. The molecule has 31 heavy (non-hydrogen) atoms. The molecule has 1 aromatic rings. The maximum atomic E-state index is 13.1. The van der Waals surface area contributed by atoms with Crippen molar-refractivity contribution >= 4 is 17.2 Å². The van der Waals surface area contributed by atoms with Crippen molar-refractivity contribution in [3.05, 3.63) is 29.3 Å². The fourth-order valence-corrected chi connectivity index (χ4v) is 2.36. The van der Waals surface area contributed by atoms with Gasteiger partial charge in [-0.2, -0.15) is 13.2 Å². The van der Waals surface area contributed by atoms with E-state index in [2.05, 4.69) is 11.9 Å². The molecule has 178 valence electrons. The van der Waals surface area contributed by atoms with Gasteiger partial charge in [-0.05, 0) is 32.3 Å². The van der Waals surface area contributed by atoms with Crippen LogP contribution in [0.5, 0.6) is 0 Å². The summed E-state index contributed by atoms with van der Waals surface area (Å²) in [6.45, 7) is 11.3. The van der Waals surface area contributed by atoms with Gasteiger partial charge in [0.2, 0.25) is 0 Å². The third-order valence-corrected chi connectivity index (χ3v) is 5.30. The molecule has 2 rings (SSSR count). The van der Waals surface area contributed by atoms with Crippen LogP contribution in [0, 0.1) is 29.9 Å². The van der Waals surface area contributed by atoms with Crippen LogP contribution in [0.25, 0.3) is 0 Å². The van der Waals surface area contributed by atoms with Crippen molar-refractivity contribution in [1.82, 2.24) is 0 Å². The number of carbonyl (C=O) groups excluding carboxylic acids is 1. The Bertz CT molecular complexity index is 734. The zero-order valence-corrected chi connectivity index (χ0v) is 19.7. The Kier molecular flexibility index (Phi) is 12.2. The third kappa shape index (κ3) is 10.9. The van der Waals surface area contributed by atoms with Gasteiger partial charge in [0.05, 0.1) is 11.1 Å². The number of hydrogen-bond acceptors (Lipinski definition) is 2. The summed E-state index contributed by atoms with van der Waals surface area (Å²) in [5, 5.41) is 0. The Balaban J connectivity index is 0.000000478. The maximum absolute atomic E-state index is 13.1. The average Bonchev–Trinajstić information content (AvgIpc) is 2.63. The number of aliphatic imine (C=N–C) groups is 1. The van der Waals surface area contributed by atoms with Crippen LogP contribution in [0.1, 0.15) is 85.6 Å². The van der Waals surface area contributed by atoms with Gasteiger partial charge < -0.3 is 0 Å². The van der Waals surface area contributed by atoms with Gasteiger partial charge in [0.1, 0.15) is 17.4 Å². The summed E-state index contributed by atoms with van der Waals surface area (Å²) in [6, 6.07) is 2.12. The number of hydrogen-bond donors (Lipinski definition) is 0. The standard InChI is InChI=1S/C11H13F2N.C8H13F3O.C5H10/c1-4-7(2)14-11-6-9(12)5-10(13)8(11)3;1-4-6(12)5-7(2,3)8(9,10)11;1-5-3-2-4-5/h5-6H,4H2,1-3H3;4-5H2,1-3H3;5H,2-4H2,1H3. The molecule has 0 aromatic heterocycles. The molecule has 1 aliphatic rings. The van der Waals surface area contributed by atoms with Crippen molar-refractivity contribution < 1.29 is 26.7 Å². The minimum absolute atomic E-state index is 0.166. The first-order valence-electron chi connectivity index (χ1n) is 10.7. The second kappa shape index (κ2) is 12.9. The fourth-order valence-electron chi connectivity index (χ4n) is 2.36. The lowest BCUT2D eigenvalue weighted by Crippen LogP contribution is -2.34. The molecular formula is C24H36F5NO. The van der Waals surface area contributed by atoms with Gasteiger partial charge in [0.15, 0.2) is 0 Å². The van der Waals surface area contributed by atoms with E-state index in [-0.39, 0.29) is 12.2 Å². The summed E-state index contributed by atoms with van der Waals surface area (Å²) >= 11 is 0. The molecule has 1 aliphatic carbocycles. The molecule has 0 saturated heterocycles. The Hall–Kier alpha value is -1.79. The number of ketones is 1. The van der Waals surface area contributed by atoms with E-state index in [9.17, 15) is 26.7 Å². The van der Waals surface area contributed by atoms with Gasteiger partial charge in [-0.25, -0.2) is 8.78 Å². The molecule has 2 nitrogen and oxygen atoms in total. The van der Waals surface area contributed by atoms with E-state index in [1.165, 1.54) is 25.3 Å². The molecule has 0 unspecified atom stereocenters. The van der Waals surface area contributed by atoms with Crippen LogP contribution in [0.15, 0.2) is 17.1 Å². The lowest BCUT2D eigenvalue weighted by Gasteiger charge is -2.26. The van der Waals surface area contributed by atoms with Crippen molar-refractivity contribution in [2.24, 2.45) is 16.3 Å². The summed E-state index contributed by atoms with van der Waals surface area (Å²) < 4.78 is 62.5. The smallest absolute Gasteiger partial charge is 0.300 e. The quantitative estimate of drug-likeness (QED) is 0.327. The highest BCUT2D eigenvalue weighted by Crippen LogP contribution is 2.40. The van der Waals surface area contributed by atoms with Crippen LogP contribution in [-0.2, 0) is 4.79 Å². The lowest BCUT2D eigenvalue weighted by atomic mass is 9.86. The van der Waals surface area contributed by atoms with Crippen molar-refractivity contribution in [3.8, 4) is 0 Å². The molecule has 1 aromatic carbocycles. The van der Waals surface area contributed by atoms with Gasteiger partial charge in [-0.3, -0.25) is 9.79 Å². The summed E-state index contributed by atoms with van der Waals surface area (Å²) in [6.07, 6.45) is 0.684. The van der Waals surface area contributed by atoms with Crippen LogP contribution in [-0.4, -0.2) is 17.7 Å². The van der Waals surface area contributed by atoms with E-state index < -0.39 is 29.6 Å². The molecule has 0 heterocycles. The van der Waals surface area contributed by atoms with Crippen LogP contribution < -0.4 is 0 Å². The van der Waals surface area contributed by atoms with Gasteiger partial charge in [0.25, 0.3) is 0 Å². The summed E-state index contributed by atoms with van der Waals surface area (Å²) in [5.74, 6) is -0.421. The van der Waals surface area contributed by atoms with Gasteiger partial charge in [-0.15, -0.1) is 0 Å². The number of carbonyl (C=O) groups is 1. The number of nitrogens with zero attached hydrogens (tertiary/aromatic N) is 1. The molecule has 7 heteroatoms. The summed E-state index contributed by atoms with van der Waals surface area (Å²) in [5.41, 5.74) is -0.265. The number of halogens is 5. The second-order valence-electron chi connectivity index (χ2n) is 8.72. The van der Waals surface area contributed by atoms with Crippen LogP contribution in [0.2, 0.25) is 0 Å². The first-order chi connectivity index (χ1) is 14.1. The first-order valence-corrected chi connectivity index (χ1v) is 10.7. The van der Waals surface area contributed by atoms with Crippen LogP contribution in [0.3, 0.4) is 0 Å². The minimum Gasteiger partial charge on any atom is -0.300 e. The highest BCUT2D eigenvalue weighted by atomic mass is 19.4. The molecule has 0 atom stereocenters. The molecule has 0 spiro atoms. The normalized spacial score (nSPS) is 14.6. The van der Waals surface area contributed by atoms with E-state index in [0.717, 1.165) is 38.0 Å². The van der Waals surface area contributed by atoms with Crippen molar-refractivity contribution in [3.63, 3.8) is 0 Å². The number of benzene rings is 1. The molecule has 0 radical (unpaired) electrons. The van der Waals surface area contributed by atoms with Crippen molar-refractivity contribution in [2.45, 2.75) is 93.2 Å². The molecule has 1 fully saturated rings. The zero-order chi connectivity index (χ0) is 24.4. The monoisotopic (exact) mass is 449 g/mol. The van der Waals surface area contributed by atoms with E-state index in [1.807, 2.05) is 13.8 Å². The Morgan fingerprint density at radius 2 is 1.61 bits per heavy atom. The molecule has 0 N–H and O–H groups in total. The largest absolute Gasteiger partial charge is 0.394 e. The molecule has 0 aliphatic heterocycles. The molecular weight excluding hydrogens is 413 g/mol.